The van der Waals surface area contributed by atoms with Gasteiger partial charge < -0.3 is 5.32 Å². The van der Waals surface area contributed by atoms with Gasteiger partial charge in [0.2, 0.25) is 0 Å². The molecule has 0 saturated carbocycles. The van der Waals surface area contributed by atoms with Crippen LogP contribution in [0.1, 0.15) is 69.0 Å². The maximum Gasteiger partial charge on any atom is 0.133 e. The van der Waals surface area contributed by atoms with Crippen LogP contribution in [0.4, 0.5) is 5.82 Å². The van der Waals surface area contributed by atoms with E-state index in [9.17, 15) is 0 Å². The van der Waals surface area contributed by atoms with Gasteiger partial charge in [0.15, 0.2) is 0 Å². The van der Waals surface area contributed by atoms with Crippen molar-refractivity contribution < 1.29 is 0 Å². The molecule has 0 aliphatic rings. The predicted molar refractivity (Wildman–Crippen MR) is 94.8 cm³/mol. The molecule has 0 atom stereocenters. The van der Waals surface area contributed by atoms with Crippen LogP contribution in [0.3, 0.4) is 0 Å². The van der Waals surface area contributed by atoms with Crippen molar-refractivity contribution in [3.8, 4) is 0 Å². The fourth-order valence-corrected chi connectivity index (χ4v) is 2.45. The third-order valence-corrected chi connectivity index (χ3v) is 4.13. The zero-order valence-electron chi connectivity index (χ0n) is 15.7. The summed E-state index contributed by atoms with van der Waals surface area (Å²) >= 11 is 0. The van der Waals surface area contributed by atoms with Gasteiger partial charge in [0, 0.05) is 42.2 Å². The Kier molecular flexibility index (Phi) is 4.78. The molecule has 2 aromatic rings. The number of aromatic nitrogens is 4. The lowest BCUT2D eigenvalue weighted by Crippen LogP contribution is -2.17. The van der Waals surface area contributed by atoms with Crippen LogP contribution in [0.15, 0.2) is 6.07 Å². The highest BCUT2D eigenvalue weighted by Gasteiger charge is 2.19. The number of hydrogen-bond acceptors (Lipinski definition) is 4. The van der Waals surface area contributed by atoms with Crippen molar-refractivity contribution in [1.82, 2.24) is 19.7 Å². The number of aryl methyl sites for hydroxylation is 2. The van der Waals surface area contributed by atoms with Gasteiger partial charge in [-0.25, -0.2) is 9.97 Å². The van der Waals surface area contributed by atoms with Crippen molar-refractivity contribution in [2.24, 2.45) is 7.05 Å². The van der Waals surface area contributed by atoms with Gasteiger partial charge in [-0.15, -0.1) is 0 Å². The lowest BCUT2D eigenvalue weighted by molar-refractivity contribution is 0.558. The minimum atomic E-state index is 0.00312. The molecule has 0 bridgehead atoms. The second-order valence-electron chi connectivity index (χ2n) is 7.53. The van der Waals surface area contributed by atoms with Crippen LogP contribution in [0.5, 0.6) is 0 Å². The Hall–Kier alpha value is -1.91. The van der Waals surface area contributed by atoms with Crippen LogP contribution < -0.4 is 5.32 Å². The summed E-state index contributed by atoms with van der Waals surface area (Å²) in [6, 6.07) is 2.06. The molecule has 0 spiro atoms. The molecule has 0 unspecified atom stereocenters. The Balaban J connectivity index is 2.30. The quantitative estimate of drug-likeness (QED) is 0.931. The summed E-state index contributed by atoms with van der Waals surface area (Å²) < 4.78 is 1.92. The number of anilines is 1. The van der Waals surface area contributed by atoms with Gasteiger partial charge >= 0.3 is 0 Å². The second-order valence-corrected chi connectivity index (χ2v) is 7.53. The molecule has 0 radical (unpaired) electrons. The van der Waals surface area contributed by atoms with Crippen molar-refractivity contribution in [1.29, 1.82) is 0 Å². The summed E-state index contributed by atoms with van der Waals surface area (Å²) in [6.07, 6.45) is 0. The first kappa shape index (κ1) is 17.4. The van der Waals surface area contributed by atoms with Crippen LogP contribution in [0.25, 0.3) is 0 Å². The third-order valence-electron chi connectivity index (χ3n) is 4.13. The maximum absolute atomic E-state index is 4.73. The maximum atomic E-state index is 4.73. The van der Waals surface area contributed by atoms with Gasteiger partial charge in [0.25, 0.3) is 0 Å². The highest BCUT2D eigenvalue weighted by atomic mass is 15.3. The average molecular weight is 315 g/mol. The number of hydrogen-bond donors (Lipinski definition) is 1. The topological polar surface area (TPSA) is 55.6 Å². The molecule has 126 valence electrons. The number of nitrogens with one attached hydrogen (secondary N) is 1. The van der Waals surface area contributed by atoms with E-state index in [1.165, 1.54) is 11.3 Å². The van der Waals surface area contributed by atoms with E-state index in [-0.39, 0.29) is 5.41 Å². The van der Waals surface area contributed by atoms with Crippen LogP contribution in [0, 0.1) is 13.8 Å². The standard InChI is InChI=1S/C18H29N5/c1-11(2)17-20-15(18(5,6)7)9-16(21-17)19-10-14-12(3)22-23(8)13(14)4/h9,11H,10H2,1-8H3,(H,19,20,21). The second kappa shape index (κ2) is 6.30. The molecule has 0 amide bonds. The highest BCUT2D eigenvalue weighted by Crippen LogP contribution is 2.25. The molecule has 2 rings (SSSR count). The van der Waals surface area contributed by atoms with Gasteiger partial charge in [-0.1, -0.05) is 34.6 Å². The minimum Gasteiger partial charge on any atom is -0.366 e. The van der Waals surface area contributed by atoms with Gasteiger partial charge in [0.1, 0.15) is 11.6 Å². The molecule has 0 aliphatic carbocycles. The van der Waals surface area contributed by atoms with E-state index in [2.05, 4.69) is 63.0 Å². The lowest BCUT2D eigenvalue weighted by atomic mass is 9.91. The first-order chi connectivity index (χ1) is 10.6. The van der Waals surface area contributed by atoms with Crippen molar-refractivity contribution in [2.45, 2.75) is 66.3 Å². The molecule has 5 heteroatoms. The van der Waals surface area contributed by atoms with E-state index in [1.807, 2.05) is 18.7 Å². The number of rotatable bonds is 4. The third kappa shape index (κ3) is 3.89. The van der Waals surface area contributed by atoms with Crippen molar-refractivity contribution >= 4 is 5.82 Å². The molecular formula is C18H29N5. The zero-order valence-corrected chi connectivity index (χ0v) is 15.7. The van der Waals surface area contributed by atoms with E-state index >= 15 is 0 Å². The van der Waals surface area contributed by atoms with Crippen LogP contribution >= 0.6 is 0 Å². The lowest BCUT2D eigenvalue weighted by Gasteiger charge is -2.20. The van der Waals surface area contributed by atoms with Crippen LogP contribution in [0.2, 0.25) is 0 Å². The number of nitrogens with zero attached hydrogens (tertiary/aromatic N) is 4. The Morgan fingerprint density at radius 3 is 2.30 bits per heavy atom. The molecule has 0 fully saturated rings. The minimum absolute atomic E-state index is 0.00312. The highest BCUT2D eigenvalue weighted by molar-refractivity contribution is 5.40. The van der Waals surface area contributed by atoms with Crippen LogP contribution in [-0.4, -0.2) is 19.7 Å². The molecule has 5 nitrogen and oxygen atoms in total. The first-order valence-electron chi connectivity index (χ1n) is 8.22. The van der Waals surface area contributed by atoms with E-state index < -0.39 is 0 Å². The molecular weight excluding hydrogens is 286 g/mol. The van der Waals surface area contributed by atoms with Crippen LogP contribution in [-0.2, 0) is 19.0 Å². The van der Waals surface area contributed by atoms with E-state index in [4.69, 9.17) is 4.98 Å². The van der Waals surface area contributed by atoms with Gasteiger partial charge in [0.05, 0.1) is 11.4 Å². The van der Waals surface area contributed by atoms with E-state index in [1.54, 1.807) is 0 Å². The summed E-state index contributed by atoms with van der Waals surface area (Å²) in [4.78, 5) is 9.41. The fourth-order valence-electron chi connectivity index (χ4n) is 2.45. The average Bonchev–Trinajstić information content (AvgIpc) is 2.69. The SMILES string of the molecule is Cc1nn(C)c(C)c1CNc1cc(C(C)(C)C)nc(C(C)C)n1. The molecule has 0 saturated heterocycles. The molecule has 0 aliphatic heterocycles. The smallest absolute Gasteiger partial charge is 0.133 e. The summed E-state index contributed by atoms with van der Waals surface area (Å²) in [5.41, 5.74) is 4.55. The molecule has 2 aromatic heterocycles. The zero-order chi connectivity index (χ0) is 17.4. The first-order valence-corrected chi connectivity index (χ1v) is 8.22. The molecule has 1 N–H and O–H groups in total. The van der Waals surface area contributed by atoms with Gasteiger partial charge in [-0.2, -0.15) is 5.10 Å². The van der Waals surface area contributed by atoms with Gasteiger partial charge in [-0.3, -0.25) is 4.68 Å². The Labute approximate surface area is 139 Å². The van der Waals surface area contributed by atoms with Gasteiger partial charge in [-0.05, 0) is 13.8 Å². The fraction of sp³-hybridized carbons (Fsp3) is 0.611. The van der Waals surface area contributed by atoms with Crippen molar-refractivity contribution in [3.05, 3.63) is 34.5 Å². The Bertz CT molecular complexity index is 692. The molecule has 0 aromatic carbocycles. The molecule has 2 heterocycles. The Morgan fingerprint density at radius 2 is 1.83 bits per heavy atom. The summed E-state index contributed by atoms with van der Waals surface area (Å²) in [5, 5.41) is 7.93. The normalized spacial score (nSPS) is 12.0. The van der Waals surface area contributed by atoms with Crippen molar-refractivity contribution in [3.63, 3.8) is 0 Å². The molecule has 23 heavy (non-hydrogen) atoms. The van der Waals surface area contributed by atoms with E-state index in [0.717, 1.165) is 29.6 Å². The van der Waals surface area contributed by atoms with Crippen molar-refractivity contribution in [2.75, 3.05) is 5.32 Å². The summed E-state index contributed by atoms with van der Waals surface area (Å²) in [6.45, 7) is 15.7. The summed E-state index contributed by atoms with van der Waals surface area (Å²) in [7, 11) is 1.98. The largest absolute Gasteiger partial charge is 0.366 e. The summed E-state index contributed by atoms with van der Waals surface area (Å²) in [5.74, 6) is 2.08. The Morgan fingerprint density at radius 1 is 1.17 bits per heavy atom. The monoisotopic (exact) mass is 315 g/mol. The van der Waals surface area contributed by atoms with E-state index in [0.29, 0.717) is 5.92 Å². The predicted octanol–water partition coefficient (Wildman–Crippen LogP) is 3.86.